The van der Waals surface area contributed by atoms with Gasteiger partial charge in [0.1, 0.15) is 0 Å². The normalized spacial score (nSPS) is 29.1. The molecule has 0 bridgehead atoms. The molecule has 1 aliphatic carbocycles. The van der Waals surface area contributed by atoms with Crippen molar-refractivity contribution in [2.45, 2.75) is 37.7 Å². The molecule has 1 saturated carbocycles. The first-order valence-electron chi connectivity index (χ1n) is 4.81. The zero-order chi connectivity index (χ0) is 9.26. The summed E-state index contributed by atoms with van der Waals surface area (Å²) in [5.74, 6) is 0.211. The summed E-state index contributed by atoms with van der Waals surface area (Å²) in [6, 6.07) is 0. The van der Waals surface area contributed by atoms with Crippen LogP contribution in [0.5, 0.6) is 0 Å². The van der Waals surface area contributed by atoms with E-state index >= 15 is 0 Å². The van der Waals surface area contributed by atoms with Gasteiger partial charge in [0.05, 0.1) is 11.8 Å². The molecule has 0 unspecified atom stereocenters. The number of aryl methyl sites for hydroxylation is 1. The molecule has 0 spiro atoms. The number of aliphatic hydroxyl groups excluding tert-OH is 1. The Bertz CT molecular complexity index is 284. The van der Waals surface area contributed by atoms with E-state index in [0.29, 0.717) is 0 Å². The van der Waals surface area contributed by atoms with E-state index in [4.69, 9.17) is 0 Å². The molecule has 4 nitrogen and oxygen atoms in total. The summed E-state index contributed by atoms with van der Waals surface area (Å²) in [6.07, 6.45) is 5.96. The van der Waals surface area contributed by atoms with Crippen molar-refractivity contribution in [3.8, 4) is 0 Å². The lowest BCUT2D eigenvalue weighted by atomic mass is 9.85. The van der Waals surface area contributed by atoms with E-state index in [1.165, 1.54) is 6.42 Å². The molecule has 0 aliphatic heterocycles. The average Bonchev–Trinajstić information content (AvgIpc) is 2.53. The fraction of sp³-hybridized carbons (Fsp3) is 0.778. The lowest BCUT2D eigenvalue weighted by Crippen LogP contribution is -2.22. The van der Waals surface area contributed by atoms with Gasteiger partial charge in [-0.3, -0.25) is 4.68 Å². The van der Waals surface area contributed by atoms with E-state index in [2.05, 4.69) is 10.3 Å². The van der Waals surface area contributed by atoms with Crippen LogP contribution in [-0.2, 0) is 7.05 Å². The molecule has 0 amide bonds. The van der Waals surface area contributed by atoms with Crippen molar-refractivity contribution in [1.29, 1.82) is 0 Å². The van der Waals surface area contributed by atoms with Gasteiger partial charge in [0.15, 0.2) is 0 Å². The number of hydrogen-bond donors (Lipinski definition) is 1. The third kappa shape index (κ3) is 1.72. The maximum Gasteiger partial charge on any atom is 0.0883 e. The maximum atomic E-state index is 9.75. The highest BCUT2D eigenvalue weighted by molar-refractivity contribution is 5.05. The second kappa shape index (κ2) is 3.46. The molecular formula is C9H15N3O. The van der Waals surface area contributed by atoms with Crippen LogP contribution in [-0.4, -0.2) is 26.2 Å². The molecule has 2 rings (SSSR count). The molecule has 1 aromatic heterocycles. The Morgan fingerprint density at radius 3 is 2.85 bits per heavy atom. The van der Waals surface area contributed by atoms with E-state index in [1.807, 2.05) is 13.2 Å². The summed E-state index contributed by atoms with van der Waals surface area (Å²) in [4.78, 5) is 0. The Morgan fingerprint density at radius 2 is 2.23 bits per heavy atom. The summed E-state index contributed by atoms with van der Waals surface area (Å²) in [7, 11) is 1.85. The smallest absolute Gasteiger partial charge is 0.0883 e. The van der Waals surface area contributed by atoms with Crippen molar-refractivity contribution in [1.82, 2.24) is 15.0 Å². The minimum Gasteiger partial charge on any atom is -0.392 e. The van der Waals surface area contributed by atoms with Crippen LogP contribution in [0.25, 0.3) is 0 Å². The largest absolute Gasteiger partial charge is 0.392 e. The van der Waals surface area contributed by atoms with Gasteiger partial charge in [-0.1, -0.05) is 18.1 Å². The first-order valence-corrected chi connectivity index (χ1v) is 4.81. The molecule has 1 fully saturated rings. The van der Waals surface area contributed by atoms with Gasteiger partial charge >= 0.3 is 0 Å². The van der Waals surface area contributed by atoms with Gasteiger partial charge in [0.25, 0.3) is 0 Å². The van der Waals surface area contributed by atoms with Crippen LogP contribution in [0.15, 0.2) is 6.20 Å². The molecule has 0 radical (unpaired) electrons. The van der Waals surface area contributed by atoms with Crippen LogP contribution < -0.4 is 0 Å². The average molecular weight is 181 g/mol. The molecule has 1 aliphatic rings. The van der Waals surface area contributed by atoms with Crippen LogP contribution in [0.1, 0.15) is 37.3 Å². The first-order chi connectivity index (χ1) is 6.27. The van der Waals surface area contributed by atoms with E-state index in [1.54, 1.807) is 4.68 Å². The summed E-state index contributed by atoms with van der Waals surface area (Å²) in [5, 5.41) is 17.7. The number of aliphatic hydroxyl groups is 1. The summed E-state index contributed by atoms with van der Waals surface area (Å²) in [6.45, 7) is 0. The second-order valence-electron chi connectivity index (χ2n) is 3.78. The zero-order valence-corrected chi connectivity index (χ0v) is 7.85. The fourth-order valence-electron chi connectivity index (χ4n) is 1.99. The fourth-order valence-corrected chi connectivity index (χ4v) is 1.99. The predicted octanol–water partition coefficient (Wildman–Crippen LogP) is 0.834. The molecule has 13 heavy (non-hydrogen) atoms. The van der Waals surface area contributed by atoms with Crippen LogP contribution in [0, 0.1) is 0 Å². The lowest BCUT2D eigenvalue weighted by molar-refractivity contribution is 0.104. The van der Waals surface area contributed by atoms with Crippen LogP contribution in [0.2, 0.25) is 0 Å². The Balaban J connectivity index is 2.14. The first kappa shape index (κ1) is 8.69. The van der Waals surface area contributed by atoms with Crippen molar-refractivity contribution < 1.29 is 5.11 Å². The number of hydrogen-bond acceptors (Lipinski definition) is 3. The third-order valence-electron chi connectivity index (χ3n) is 2.73. The van der Waals surface area contributed by atoms with Crippen LogP contribution in [0.3, 0.4) is 0 Å². The molecule has 1 aromatic rings. The molecule has 0 aromatic carbocycles. The highest BCUT2D eigenvalue weighted by Crippen LogP contribution is 2.31. The van der Waals surface area contributed by atoms with Crippen molar-refractivity contribution in [3.05, 3.63) is 11.9 Å². The second-order valence-corrected chi connectivity index (χ2v) is 3.78. The predicted molar refractivity (Wildman–Crippen MR) is 48.2 cm³/mol. The third-order valence-corrected chi connectivity index (χ3v) is 2.73. The number of aromatic nitrogens is 3. The van der Waals surface area contributed by atoms with E-state index in [-0.39, 0.29) is 12.0 Å². The molecule has 0 saturated heterocycles. The SMILES string of the molecule is Cn1cc([C@@H]2CCCC[C@H]2O)nn1. The van der Waals surface area contributed by atoms with Crippen molar-refractivity contribution >= 4 is 0 Å². The van der Waals surface area contributed by atoms with Gasteiger partial charge in [-0.25, -0.2) is 0 Å². The highest BCUT2D eigenvalue weighted by Gasteiger charge is 2.26. The van der Waals surface area contributed by atoms with Gasteiger partial charge in [-0.15, -0.1) is 5.10 Å². The van der Waals surface area contributed by atoms with Gasteiger partial charge in [-0.05, 0) is 12.8 Å². The Labute approximate surface area is 77.6 Å². The summed E-state index contributed by atoms with van der Waals surface area (Å²) in [5.41, 5.74) is 0.940. The molecule has 1 heterocycles. The Morgan fingerprint density at radius 1 is 1.46 bits per heavy atom. The molecule has 2 atom stereocenters. The lowest BCUT2D eigenvalue weighted by Gasteiger charge is -2.25. The van der Waals surface area contributed by atoms with E-state index in [0.717, 1.165) is 25.0 Å². The summed E-state index contributed by atoms with van der Waals surface area (Å²) >= 11 is 0. The molecule has 72 valence electrons. The number of rotatable bonds is 1. The quantitative estimate of drug-likeness (QED) is 0.698. The van der Waals surface area contributed by atoms with Crippen LogP contribution >= 0.6 is 0 Å². The van der Waals surface area contributed by atoms with Crippen LogP contribution in [0.4, 0.5) is 0 Å². The minimum atomic E-state index is -0.217. The van der Waals surface area contributed by atoms with E-state index < -0.39 is 0 Å². The molecule has 1 N–H and O–H groups in total. The topological polar surface area (TPSA) is 50.9 Å². The van der Waals surface area contributed by atoms with Crippen molar-refractivity contribution in [2.75, 3.05) is 0 Å². The summed E-state index contributed by atoms with van der Waals surface area (Å²) < 4.78 is 1.69. The highest BCUT2D eigenvalue weighted by atomic mass is 16.3. The van der Waals surface area contributed by atoms with Gasteiger partial charge in [0, 0.05) is 19.2 Å². The maximum absolute atomic E-state index is 9.75. The number of nitrogens with zero attached hydrogens (tertiary/aromatic N) is 3. The van der Waals surface area contributed by atoms with Gasteiger partial charge in [-0.2, -0.15) is 0 Å². The molecule has 4 heteroatoms. The van der Waals surface area contributed by atoms with Crippen molar-refractivity contribution in [2.24, 2.45) is 7.05 Å². The standard InChI is InChI=1S/C9H15N3O/c1-12-6-8(10-11-12)7-4-2-3-5-9(7)13/h6-7,9,13H,2-5H2,1H3/t7-,9+/m0/s1. The Hall–Kier alpha value is -0.900. The zero-order valence-electron chi connectivity index (χ0n) is 7.85. The Kier molecular flexibility index (Phi) is 2.31. The van der Waals surface area contributed by atoms with Crippen molar-refractivity contribution in [3.63, 3.8) is 0 Å². The van der Waals surface area contributed by atoms with E-state index in [9.17, 15) is 5.11 Å². The van der Waals surface area contributed by atoms with Gasteiger partial charge in [0.2, 0.25) is 0 Å². The minimum absolute atomic E-state index is 0.211. The monoisotopic (exact) mass is 181 g/mol. The van der Waals surface area contributed by atoms with Gasteiger partial charge < -0.3 is 5.11 Å². The molecular weight excluding hydrogens is 166 g/mol.